The summed E-state index contributed by atoms with van der Waals surface area (Å²) in [7, 11) is -1.34. The van der Waals surface area contributed by atoms with Crippen LogP contribution in [0.1, 0.15) is 19.5 Å². The summed E-state index contributed by atoms with van der Waals surface area (Å²) < 4.78 is 62.6. The van der Waals surface area contributed by atoms with Crippen molar-refractivity contribution >= 4 is 45.4 Å². The van der Waals surface area contributed by atoms with E-state index in [4.69, 9.17) is 24.3 Å². The summed E-state index contributed by atoms with van der Waals surface area (Å²) in [6.07, 6.45) is 0. The normalized spacial score (nSPS) is 12.4. The number of halogens is 3. The summed E-state index contributed by atoms with van der Waals surface area (Å²) >= 11 is 2.28. The van der Waals surface area contributed by atoms with Crippen LogP contribution in [0.25, 0.3) is 10.9 Å². The fourth-order valence-corrected chi connectivity index (χ4v) is 4.90. The highest BCUT2D eigenvalue weighted by atomic mass is 79.9. The number of ether oxygens (including phenoxy) is 2. The van der Waals surface area contributed by atoms with Crippen LogP contribution in [0, 0.1) is 0 Å². The Labute approximate surface area is 163 Å². The Morgan fingerprint density at radius 2 is 1.67 bits per heavy atom. The summed E-state index contributed by atoms with van der Waals surface area (Å²) in [6, 6.07) is 2.88. The predicted octanol–water partition coefficient (Wildman–Crippen LogP) is 4.17. The zero-order valence-corrected chi connectivity index (χ0v) is 17.7. The minimum absolute atomic E-state index is 0.0337. The van der Waals surface area contributed by atoms with Crippen LogP contribution in [0.2, 0.25) is 0 Å². The predicted molar refractivity (Wildman–Crippen MR) is 103 cm³/mol. The molecule has 0 aliphatic rings. The maximum absolute atomic E-state index is 14.3. The third-order valence-electron chi connectivity index (χ3n) is 3.64. The first kappa shape index (κ1) is 21.8. The van der Waals surface area contributed by atoms with Gasteiger partial charge in [0.2, 0.25) is 0 Å². The zero-order valence-electron chi connectivity index (χ0n) is 15.2. The van der Waals surface area contributed by atoms with Gasteiger partial charge in [-0.1, -0.05) is 0 Å². The molecule has 27 heavy (non-hydrogen) atoms. The number of methoxy groups -OCH3 is 2. The van der Waals surface area contributed by atoms with E-state index >= 15 is 0 Å². The van der Waals surface area contributed by atoms with Gasteiger partial charge in [0.1, 0.15) is 11.0 Å². The molecule has 2 rings (SSSR count). The largest absolute Gasteiger partial charge is 0.493 e. The Balaban J connectivity index is 2.96. The first-order valence-corrected chi connectivity index (χ1v) is 10.3. The molecule has 0 aliphatic heterocycles. The maximum atomic E-state index is 14.3. The molecule has 0 fully saturated rings. The molecule has 1 aromatic carbocycles. The monoisotopic (exact) mass is 468 g/mol. The van der Waals surface area contributed by atoms with E-state index in [0.29, 0.717) is 5.75 Å². The minimum atomic E-state index is -4.16. The van der Waals surface area contributed by atoms with Crippen LogP contribution >= 0.6 is 23.5 Å². The molecule has 0 aliphatic carbocycles. The molecular formula is C16H20BrF2N2O5P. The van der Waals surface area contributed by atoms with Crippen LogP contribution in [0.3, 0.4) is 0 Å². The number of hydrogen-bond acceptors (Lipinski definition) is 7. The van der Waals surface area contributed by atoms with Crippen molar-refractivity contribution in [2.75, 3.05) is 33.2 Å². The molecular weight excluding hydrogens is 449 g/mol. The van der Waals surface area contributed by atoms with Gasteiger partial charge in [0.15, 0.2) is 11.5 Å². The van der Waals surface area contributed by atoms with Crippen molar-refractivity contribution in [3.63, 3.8) is 0 Å². The summed E-state index contributed by atoms with van der Waals surface area (Å²) in [4.78, 5) is 0.354. The first-order valence-electron chi connectivity index (χ1n) is 7.95. The molecule has 11 heteroatoms. The number of nitrogens with two attached hydrogens (primary N) is 1. The molecule has 0 saturated heterocycles. The van der Waals surface area contributed by atoms with Gasteiger partial charge >= 0.3 is 12.4 Å². The molecule has 7 nitrogen and oxygen atoms in total. The van der Waals surface area contributed by atoms with Gasteiger partial charge in [0, 0.05) is 11.5 Å². The second-order valence-corrected chi connectivity index (χ2v) is 8.23. The number of nitrogen functional groups attached to an aromatic ring is 1. The Kier molecular flexibility index (Phi) is 6.68. The molecule has 0 bridgehead atoms. The van der Waals surface area contributed by atoms with Gasteiger partial charge in [-0.3, -0.25) is 4.57 Å². The van der Waals surface area contributed by atoms with E-state index in [1.165, 1.54) is 26.4 Å². The van der Waals surface area contributed by atoms with Crippen molar-refractivity contribution in [1.82, 2.24) is 4.98 Å². The lowest BCUT2D eigenvalue weighted by Crippen LogP contribution is -2.26. The number of hydrogen-bond donors (Lipinski definition) is 1. The topological polar surface area (TPSA) is 92.9 Å². The summed E-state index contributed by atoms with van der Waals surface area (Å²) in [6.45, 7) is 3.06. The molecule has 0 spiro atoms. The third kappa shape index (κ3) is 4.18. The van der Waals surface area contributed by atoms with Crippen LogP contribution < -0.4 is 20.5 Å². The Morgan fingerprint density at radius 1 is 1.15 bits per heavy atom. The van der Waals surface area contributed by atoms with E-state index in [9.17, 15) is 13.3 Å². The van der Waals surface area contributed by atoms with Gasteiger partial charge in [-0.2, -0.15) is 8.78 Å². The quantitative estimate of drug-likeness (QED) is 0.458. The number of rotatable bonds is 8. The minimum Gasteiger partial charge on any atom is -0.493 e. The maximum Gasteiger partial charge on any atom is 0.365 e. The first-order chi connectivity index (χ1) is 12.6. The highest BCUT2D eigenvalue weighted by molar-refractivity contribution is 9.09. The smallest absolute Gasteiger partial charge is 0.365 e. The highest BCUT2D eigenvalue weighted by Gasteiger charge is 2.43. The fourth-order valence-electron chi connectivity index (χ4n) is 2.59. The Morgan fingerprint density at radius 3 is 2.11 bits per heavy atom. The van der Waals surface area contributed by atoms with Gasteiger partial charge in [0.25, 0.3) is 0 Å². The zero-order chi connectivity index (χ0) is 20.4. The summed E-state index contributed by atoms with van der Waals surface area (Å²) in [5.41, 5.74) is 5.23. The molecule has 1 aromatic heterocycles. The average Bonchev–Trinajstić information content (AvgIpc) is 2.59. The van der Waals surface area contributed by atoms with Crippen molar-refractivity contribution in [1.29, 1.82) is 0 Å². The molecule has 0 unspecified atom stereocenters. The molecule has 1 heterocycles. The molecule has 150 valence electrons. The third-order valence-corrected chi connectivity index (χ3v) is 6.22. The molecule has 2 N–H and O–H groups in total. The Hall–Kier alpha value is -1.48. The van der Waals surface area contributed by atoms with E-state index in [1.54, 1.807) is 13.8 Å². The second kappa shape index (κ2) is 8.26. The summed E-state index contributed by atoms with van der Waals surface area (Å²) in [5, 5.41) is -0.226. The fraction of sp³-hybridized carbons (Fsp3) is 0.438. The standard InChI is InChI=1S/C16H20BrF2N2O5P/c1-5-25-27(22,26-6-2)14-13(20)9-7-11(23-3)12(24-4)8-10(9)21-15(14)16(17,18)19/h7-8H,5-6H2,1-4H3,(H2,20,21). The van der Waals surface area contributed by atoms with Gasteiger partial charge in [-0.25, -0.2) is 4.98 Å². The summed E-state index contributed by atoms with van der Waals surface area (Å²) in [5.74, 6) is 0.594. The van der Waals surface area contributed by atoms with E-state index in [2.05, 4.69) is 20.9 Å². The van der Waals surface area contributed by atoms with Crippen molar-refractivity contribution in [2.24, 2.45) is 0 Å². The van der Waals surface area contributed by atoms with Crippen molar-refractivity contribution < 1.29 is 31.9 Å². The van der Waals surface area contributed by atoms with Crippen LogP contribution in [-0.2, 0) is 18.4 Å². The highest BCUT2D eigenvalue weighted by Crippen LogP contribution is 2.53. The number of fused-ring (bicyclic) bond motifs is 1. The van der Waals surface area contributed by atoms with Gasteiger partial charge in [0.05, 0.1) is 38.6 Å². The van der Waals surface area contributed by atoms with Crippen molar-refractivity contribution in [3.05, 3.63) is 17.8 Å². The van der Waals surface area contributed by atoms with Crippen LogP contribution in [0.15, 0.2) is 12.1 Å². The van der Waals surface area contributed by atoms with E-state index in [-0.39, 0.29) is 35.6 Å². The number of benzene rings is 1. The van der Waals surface area contributed by atoms with Crippen LogP contribution in [-0.4, -0.2) is 32.4 Å². The molecule has 0 saturated carbocycles. The number of nitrogens with zero attached hydrogens (tertiary/aromatic N) is 1. The van der Waals surface area contributed by atoms with E-state index in [0.717, 1.165) is 0 Å². The van der Waals surface area contributed by atoms with Gasteiger partial charge in [-0.05, 0) is 35.8 Å². The molecule has 2 aromatic rings. The number of alkyl halides is 3. The SMILES string of the molecule is CCOP(=O)(OCC)c1c(C(F)(F)Br)nc2cc(OC)c(OC)cc2c1N. The van der Waals surface area contributed by atoms with Gasteiger partial charge in [-0.15, -0.1) is 0 Å². The lowest BCUT2D eigenvalue weighted by molar-refractivity contribution is 0.110. The lowest BCUT2D eigenvalue weighted by atomic mass is 10.1. The van der Waals surface area contributed by atoms with Gasteiger partial charge < -0.3 is 24.3 Å². The average molecular weight is 469 g/mol. The Bertz CT molecular complexity index is 881. The number of aromatic nitrogens is 1. The number of pyridine rings is 1. The van der Waals surface area contributed by atoms with Crippen molar-refractivity contribution in [2.45, 2.75) is 18.7 Å². The second-order valence-electron chi connectivity index (χ2n) is 5.28. The number of anilines is 1. The molecule has 0 amide bonds. The van der Waals surface area contributed by atoms with Crippen LogP contribution in [0.4, 0.5) is 14.5 Å². The lowest BCUT2D eigenvalue weighted by Gasteiger charge is -2.24. The van der Waals surface area contributed by atoms with E-state index in [1.807, 2.05) is 0 Å². The molecule has 0 atom stereocenters. The molecule has 0 radical (unpaired) electrons. The van der Waals surface area contributed by atoms with Crippen LogP contribution in [0.5, 0.6) is 11.5 Å². The van der Waals surface area contributed by atoms with E-state index < -0.39 is 23.4 Å². The van der Waals surface area contributed by atoms with Crippen molar-refractivity contribution in [3.8, 4) is 11.5 Å².